The highest BCUT2D eigenvalue weighted by atomic mass is 32.2. The fourth-order valence-electron chi connectivity index (χ4n) is 3.32. The molecule has 0 atom stereocenters. The summed E-state index contributed by atoms with van der Waals surface area (Å²) in [6.45, 7) is 4.18. The summed E-state index contributed by atoms with van der Waals surface area (Å²) in [5.41, 5.74) is 5.58. The van der Waals surface area contributed by atoms with Crippen molar-refractivity contribution in [1.82, 2.24) is 14.8 Å². The lowest BCUT2D eigenvalue weighted by atomic mass is 10.1. The van der Waals surface area contributed by atoms with Crippen molar-refractivity contribution < 1.29 is 4.92 Å². The molecule has 3 aromatic carbocycles. The van der Waals surface area contributed by atoms with Gasteiger partial charge in [-0.1, -0.05) is 60.3 Å². The lowest BCUT2D eigenvalue weighted by Gasteiger charge is -2.12. The van der Waals surface area contributed by atoms with Gasteiger partial charge in [-0.2, -0.15) is 0 Å². The van der Waals surface area contributed by atoms with Gasteiger partial charge in [-0.25, -0.2) is 0 Å². The van der Waals surface area contributed by atoms with Crippen molar-refractivity contribution in [3.05, 3.63) is 111 Å². The molecule has 0 amide bonds. The largest absolute Gasteiger partial charge is 0.274 e. The molecule has 1 aromatic heterocycles. The van der Waals surface area contributed by atoms with Crippen molar-refractivity contribution >= 4 is 17.4 Å². The highest BCUT2D eigenvalue weighted by molar-refractivity contribution is 7.98. The third-order valence-electron chi connectivity index (χ3n) is 5.14. The molecule has 0 fully saturated rings. The first-order valence-electron chi connectivity index (χ1n) is 9.93. The van der Waals surface area contributed by atoms with Crippen LogP contribution in [0.4, 0.5) is 5.69 Å². The molecule has 0 bridgehead atoms. The minimum absolute atomic E-state index is 0.0958. The molecule has 0 aliphatic heterocycles. The van der Waals surface area contributed by atoms with Crippen LogP contribution >= 0.6 is 11.8 Å². The summed E-state index contributed by atoms with van der Waals surface area (Å²) in [6, 6.07) is 23.2. The zero-order valence-electron chi connectivity index (χ0n) is 17.4. The van der Waals surface area contributed by atoms with Gasteiger partial charge in [0, 0.05) is 30.0 Å². The van der Waals surface area contributed by atoms with Crippen molar-refractivity contribution in [1.29, 1.82) is 0 Å². The van der Waals surface area contributed by atoms with Gasteiger partial charge in [0.05, 0.1) is 4.92 Å². The average molecular weight is 431 g/mol. The zero-order chi connectivity index (χ0) is 21.8. The normalized spacial score (nSPS) is 10.9. The van der Waals surface area contributed by atoms with Gasteiger partial charge in [-0.3, -0.25) is 14.7 Å². The molecule has 0 aliphatic carbocycles. The summed E-state index contributed by atoms with van der Waals surface area (Å²) < 4.78 is 2.08. The van der Waals surface area contributed by atoms with Gasteiger partial charge in [0.25, 0.3) is 5.69 Å². The number of hydrogen-bond acceptors (Lipinski definition) is 5. The Morgan fingerprint density at radius 2 is 1.68 bits per heavy atom. The van der Waals surface area contributed by atoms with E-state index >= 15 is 0 Å². The first kappa shape index (κ1) is 20.8. The van der Waals surface area contributed by atoms with E-state index in [1.54, 1.807) is 12.1 Å². The van der Waals surface area contributed by atoms with Crippen molar-refractivity contribution in [3.63, 3.8) is 0 Å². The van der Waals surface area contributed by atoms with Crippen LogP contribution in [0, 0.1) is 24.0 Å². The minimum atomic E-state index is -0.371. The summed E-state index contributed by atoms with van der Waals surface area (Å²) in [4.78, 5) is 10.7. The Labute approximate surface area is 185 Å². The SMILES string of the molecule is Cc1ccc(-n2c(Cc3ccccc3)nnc2SCc2cccc([N+](=O)[O-])c2)cc1C. The van der Waals surface area contributed by atoms with Gasteiger partial charge < -0.3 is 0 Å². The maximum Gasteiger partial charge on any atom is 0.269 e. The second kappa shape index (κ2) is 9.14. The van der Waals surface area contributed by atoms with Gasteiger partial charge in [-0.05, 0) is 48.2 Å². The molecular weight excluding hydrogens is 408 g/mol. The molecule has 6 nitrogen and oxygen atoms in total. The Hall–Kier alpha value is -3.45. The maximum absolute atomic E-state index is 11.1. The summed E-state index contributed by atoms with van der Waals surface area (Å²) >= 11 is 1.52. The van der Waals surface area contributed by atoms with Crippen LogP contribution in [0.3, 0.4) is 0 Å². The van der Waals surface area contributed by atoms with Gasteiger partial charge in [0.1, 0.15) is 5.82 Å². The molecule has 4 aromatic rings. The number of thioether (sulfide) groups is 1. The van der Waals surface area contributed by atoms with Crippen LogP contribution in [0.1, 0.15) is 28.1 Å². The number of nitro benzene ring substituents is 1. The summed E-state index contributed by atoms with van der Waals surface area (Å²) in [5.74, 6) is 1.42. The number of non-ortho nitro benzene ring substituents is 1. The molecule has 4 rings (SSSR count). The highest BCUT2D eigenvalue weighted by Crippen LogP contribution is 2.28. The minimum Gasteiger partial charge on any atom is -0.274 e. The molecule has 0 spiro atoms. The Bertz CT molecular complexity index is 1220. The van der Waals surface area contributed by atoms with Crippen LogP contribution in [0.25, 0.3) is 5.69 Å². The average Bonchev–Trinajstić information content (AvgIpc) is 3.17. The topological polar surface area (TPSA) is 73.8 Å². The number of aromatic nitrogens is 3. The van der Waals surface area contributed by atoms with E-state index in [2.05, 4.69) is 58.9 Å². The second-order valence-electron chi connectivity index (χ2n) is 7.38. The fraction of sp³-hybridized carbons (Fsp3) is 0.167. The first-order valence-corrected chi connectivity index (χ1v) is 10.9. The quantitative estimate of drug-likeness (QED) is 0.214. The van der Waals surface area contributed by atoms with E-state index in [0.717, 1.165) is 27.8 Å². The second-order valence-corrected chi connectivity index (χ2v) is 8.32. The van der Waals surface area contributed by atoms with Crippen molar-refractivity contribution in [3.8, 4) is 5.69 Å². The lowest BCUT2D eigenvalue weighted by molar-refractivity contribution is -0.384. The maximum atomic E-state index is 11.1. The summed E-state index contributed by atoms with van der Waals surface area (Å²) in [5, 5.41) is 20.8. The Balaban J connectivity index is 1.67. The van der Waals surface area contributed by atoms with E-state index < -0.39 is 0 Å². The molecule has 31 heavy (non-hydrogen) atoms. The van der Waals surface area contributed by atoms with Gasteiger partial charge in [0.2, 0.25) is 0 Å². The molecule has 0 unspecified atom stereocenters. The van der Waals surface area contributed by atoms with Crippen molar-refractivity contribution in [2.45, 2.75) is 31.2 Å². The molecule has 0 saturated heterocycles. The van der Waals surface area contributed by atoms with E-state index in [1.165, 1.54) is 29.0 Å². The fourth-order valence-corrected chi connectivity index (χ4v) is 4.23. The Kier molecular flexibility index (Phi) is 6.13. The molecule has 0 aliphatic rings. The predicted molar refractivity (Wildman–Crippen MR) is 123 cm³/mol. The third-order valence-corrected chi connectivity index (χ3v) is 6.14. The number of hydrogen-bond donors (Lipinski definition) is 0. The molecule has 7 heteroatoms. The standard InChI is InChI=1S/C24H22N4O2S/c1-17-11-12-21(13-18(17)2)27-23(15-19-7-4-3-5-8-19)25-26-24(27)31-16-20-9-6-10-22(14-20)28(29)30/h3-14H,15-16H2,1-2H3. The molecule has 0 saturated carbocycles. The van der Waals surface area contributed by atoms with E-state index in [-0.39, 0.29) is 10.6 Å². The van der Waals surface area contributed by atoms with Gasteiger partial charge in [0.15, 0.2) is 5.16 Å². The number of nitrogens with zero attached hydrogens (tertiary/aromatic N) is 4. The van der Waals surface area contributed by atoms with Crippen molar-refractivity contribution in [2.24, 2.45) is 0 Å². The number of benzene rings is 3. The van der Waals surface area contributed by atoms with E-state index in [4.69, 9.17) is 0 Å². The van der Waals surface area contributed by atoms with Crippen LogP contribution < -0.4 is 0 Å². The predicted octanol–water partition coefficient (Wildman–Crippen LogP) is 5.68. The van der Waals surface area contributed by atoms with Crippen LogP contribution in [-0.4, -0.2) is 19.7 Å². The summed E-state index contributed by atoms with van der Waals surface area (Å²) in [7, 11) is 0. The Morgan fingerprint density at radius 3 is 2.42 bits per heavy atom. The number of aryl methyl sites for hydroxylation is 2. The number of rotatable bonds is 7. The molecule has 156 valence electrons. The highest BCUT2D eigenvalue weighted by Gasteiger charge is 2.16. The Morgan fingerprint density at radius 1 is 0.903 bits per heavy atom. The third kappa shape index (κ3) is 4.83. The van der Waals surface area contributed by atoms with Gasteiger partial charge in [-0.15, -0.1) is 10.2 Å². The van der Waals surface area contributed by atoms with E-state index in [9.17, 15) is 10.1 Å². The van der Waals surface area contributed by atoms with Crippen LogP contribution in [-0.2, 0) is 12.2 Å². The van der Waals surface area contributed by atoms with E-state index in [1.807, 2.05) is 24.3 Å². The van der Waals surface area contributed by atoms with Crippen LogP contribution in [0.15, 0.2) is 78.0 Å². The zero-order valence-corrected chi connectivity index (χ0v) is 18.2. The van der Waals surface area contributed by atoms with Crippen LogP contribution in [0.2, 0.25) is 0 Å². The monoisotopic (exact) mass is 430 g/mol. The summed E-state index contributed by atoms with van der Waals surface area (Å²) in [6.07, 6.45) is 0.665. The van der Waals surface area contributed by atoms with Crippen LogP contribution in [0.5, 0.6) is 0 Å². The smallest absolute Gasteiger partial charge is 0.269 e. The lowest BCUT2D eigenvalue weighted by Crippen LogP contribution is -2.04. The molecule has 0 radical (unpaired) electrons. The van der Waals surface area contributed by atoms with Crippen molar-refractivity contribution in [2.75, 3.05) is 0 Å². The molecule has 0 N–H and O–H groups in total. The number of nitro groups is 1. The first-order chi connectivity index (χ1) is 15.0. The van der Waals surface area contributed by atoms with E-state index in [0.29, 0.717) is 12.2 Å². The van der Waals surface area contributed by atoms with Gasteiger partial charge >= 0.3 is 0 Å². The molecule has 1 heterocycles. The molecular formula is C24H22N4O2S.